The van der Waals surface area contributed by atoms with Crippen molar-refractivity contribution in [3.8, 4) is 0 Å². The van der Waals surface area contributed by atoms with E-state index in [1.165, 1.54) is 6.92 Å². The molecule has 0 unspecified atom stereocenters. The Morgan fingerprint density at radius 3 is 1.39 bits per heavy atom. The fourth-order valence-corrected chi connectivity index (χ4v) is 10.0. The van der Waals surface area contributed by atoms with Crippen LogP contribution in [0.25, 0.3) is 10.9 Å². The smallest absolute Gasteiger partial charge is 0.326 e. The van der Waals surface area contributed by atoms with Gasteiger partial charge in [-0.25, -0.2) is 4.79 Å². The number of guanidine groups is 1. The molecular weight excluding hydrogens is 1150 g/mol. The number of aromatic nitrogens is 1. The van der Waals surface area contributed by atoms with Crippen LogP contribution in [0.15, 0.2) is 126 Å². The highest BCUT2D eigenvalue weighted by atomic mass is 16.4. The SMILES string of the molecule is CC[C@H](C)[C@H](NC(=O)[C@H](Cc1ccccc1)NC(=O)[C@H](Cc1ccccc1)NC(=O)[C@@H](NC(=O)[C@H](Cc1ccccc1)NC(=O)[C@@H](NC(=O)[C@@H](N)CCCCN)[C@@H](C)O)C(C)C)C(=O)N[C@@H](Cc1c[nH]c2ccccc12)C(=O)N[C@@H](CCCN=C(N)N)C(=O)O. The molecule has 19 N–H and O–H groups in total. The van der Waals surface area contributed by atoms with E-state index in [1.54, 1.807) is 125 Å². The Morgan fingerprint density at radius 2 is 0.922 bits per heavy atom. The van der Waals surface area contributed by atoms with Gasteiger partial charge in [-0.3, -0.25) is 43.3 Å². The van der Waals surface area contributed by atoms with E-state index < -0.39 is 126 Å². The van der Waals surface area contributed by atoms with Crippen LogP contribution in [-0.4, -0.2) is 148 Å². The molecular formula is C65H90N14O11. The van der Waals surface area contributed by atoms with Crippen molar-refractivity contribution in [2.75, 3.05) is 13.1 Å². The molecule has 25 nitrogen and oxygen atoms in total. The highest BCUT2D eigenvalue weighted by Crippen LogP contribution is 2.21. The number of hydrogen-bond acceptors (Lipinski definition) is 13. The predicted molar refractivity (Wildman–Crippen MR) is 342 cm³/mol. The molecule has 8 amide bonds. The standard InChI is InChI=1S/C65H90N14O11/c1-6-39(4)54(62(87)76-52(36-44-37-71-47-29-17-16-27-45(44)47)58(83)72-48(64(89)90)30-20-32-70-65(68)69)78-60(85)50(34-42-23-12-8-13-24-42)73-57(82)49(33-41-21-10-7-11-22-41)74-61(86)53(38(2)3)77-59(84)51(35-43-25-14-9-15-26-43)75-63(88)55(40(5)80)79-56(81)46(67)28-18-19-31-66/h7-17,21-27,29,37-40,46,48-55,71,80H,6,18-20,28,30-36,66-67H2,1-5H3,(H,72,83)(H,73,82)(H,74,86)(H,75,88)(H,76,87)(H,77,84)(H,78,85)(H,79,81)(H,89,90)(H4,68,69,70)/t39-,40+,46-,48-,49-,50-,51-,52-,53-,54-,55-/m0/s1. The lowest BCUT2D eigenvalue weighted by Crippen LogP contribution is -2.62. The van der Waals surface area contributed by atoms with Crippen molar-refractivity contribution in [1.82, 2.24) is 47.5 Å². The third-order valence-electron chi connectivity index (χ3n) is 15.4. The first kappa shape index (κ1) is 71.6. The van der Waals surface area contributed by atoms with Gasteiger partial charge in [0.25, 0.3) is 0 Å². The number of carbonyl (C=O) groups is 9. The van der Waals surface area contributed by atoms with Gasteiger partial charge in [0, 0.05) is 49.3 Å². The van der Waals surface area contributed by atoms with Gasteiger partial charge in [0.05, 0.1) is 12.1 Å². The number of para-hydroxylation sites is 1. The summed E-state index contributed by atoms with van der Waals surface area (Å²) in [5, 5.41) is 43.5. The Bertz CT molecular complexity index is 3180. The fourth-order valence-electron chi connectivity index (χ4n) is 10.0. The molecule has 0 aliphatic rings. The summed E-state index contributed by atoms with van der Waals surface area (Å²) in [7, 11) is 0. The van der Waals surface area contributed by atoms with Crippen LogP contribution < -0.4 is 65.5 Å². The zero-order valence-electron chi connectivity index (χ0n) is 51.8. The number of H-pyrrole nitrogens is 1. The minimum Gasteiger partial charge on any atom is -0.480 e. The molecule has 11 atom stereocenters. The lowest BCUT2D eigenvalue weighted by Gasteiger charge is -2.30. The largest absolute Gasteiger partial charge is 0.480 e. The first-order chi connectivity index (χ1) is 43.0. The molecule has 4 aromatic carbocycles. The summed E-state index contributed by atoms with van der Waals surface area (Å²) in [6, 6.07) is 21.5. The van der Waals surface area contributed by atoms with Crippen LogP contribution in [0.1, 0.15) is 95.4 Å². The molecule has 0 aliphatic heterocycles. The summed E-state index contributed by atoms with van der Waals surface area (Å²) in [6.45, 7) is 8.68. The molecule has 0 aliphatic carbocycles. The second-order valence-corrected chi connectivity index (χ2v) is 22.9. The van der Waals surface area contributed by atoms with E-state index in [0.29, 0.717) is 48.1 Å². The number of aliphatic hydroxyl groups is 1. The lowest BCUT2D eigenvalue weighted by molar-refractivity contribution is -0.142. The first-order valence-corrected chi connectivity index (χ1v) is 30.5. The van der Waals surface area contributed by atoms with Crippen LogP contribution in [0, 0.1) is 11.8 Å². The summed E-state index contributed by atoms with van der Waals surface area (Å²) in [6.07, 6.45) is 1.89. The highest BCUT2D eigenvalue weighted by Gasteiger charge is 2.38. The first-order valence-electron chi connectivity index (χ1n) is 30.5. The number of unbranched alkanes of at least 4 members (excludes halogenated alkanes) is 1. The number of hydrogen-bond donors (Lipinski definition) is 15. The molecule has 486 valence electrons. The van der Waals surface area contributed by atoms with Crippen LogP contribution in [0.5, 0.6) is 0 Å². The zero-order chi connectivity index (χ0) is 65.9. The number of aromatic amines is 1. The summed E-state index contributed by atoms with van der Waals surface area (Å²) in [5.41, 5.74) is 25.9. The number of aliphatic imine (C=N–C) groups is 1. The number of nitrogens with two attached hydrogens (primary N) is 4. The van der Waals surface area contributed by atoms with Gasteiger partial charge >= 0.3 is 5.97 Å². The van der Waals surface area contributed by atoms with Crippen LogP contribution in [0.4, 0.5) is 0 Å². The Balaban J connectivity index is 1.42. The number of nitrogens with one attached hydrogen (secondary N) is 9. The monoisotopic (exact) mass is 1240 g/mol. The number of fused-ring (bicyclic) bond motifs is 1. The molecule has 0 radical (unpaired) electrons. The molecule has 5 aromatic rings. The van der Waals surface area contributed by atoms with Gasteiger partial charge < -0.3 is 80.7 Å². The molecule has 25 heteroatoms. The second kappa shape index (κ2) is 36.3. The van der Waals surface area contributed by atoms with E-state index in [2.05, 4.69) is 52.5 Å². The number of carbonyl (C=O) groups excluding carboxylic acids is 8. The van der Waals surface area contributed by atoms with Gasteiger partial charge in [-0.1, -0.05) is 150 Å². The highest BCUT2D eigenvalue weighted by molar-refractivity contribution is 5.99. The van der Waals surface area contributed by atoms with Crippen molar-refractivity contribution in [2.45, 2.75) is 159 Å². The van der Waals surface area contributed by atoms with Crippen molar-refractivity contribution in [1.29, 1.82) is 0 Å². The van der Waals surface area contributed by atoms with E-state index in [4.69, 9.17) is 22.9 Å². The molecule has 0 fully saturated rings. The summed E-state index contributed by atoms with van der Waals surface area (Å²) in [4.78, 5) is 135. The van der Waals surface area contributed by atoms with Crippen molar-refractivity contribution in [3.63, 3.8) is 0 Å². The Hall–Kier alpha value is -9.20. The lowest BCUT2D eigenvalue weighted by atomic mass is 9.96. The van der Waals surface area contributed by atoms with Gasteiger partial charge in [0.15, 0.2) is 5.96 Å². The van der Waals surface area contributed by atoms with E-state index in [0.717, 1.165) is 10.9 Å². The van der Waals surface area contributed by atoms with Gasteiger partial charge in [0.2, 0.25) is 47.3 Å². The molecule has 0 spiro atoms. The van der Waals surface area contributed by atoms with Crippen LogP contribution in [-0.2, 0) is 68.8 Å². The second-order valence-electron chi connectivity index (χ2n) is 22.9. The van der Waals surface area contributed by atoms with Crippen molar-refractivity contribution in [2.24, 2.45) is 39.8 Å². The van der Waals surface area contributed by atoms with Crippen molar-refractivity contribution < 1.29 is 53.4 Å². The minimum atomic E-state index is -1.52. The Kier molecular flexibility index (Phi) is 28.9. The summed E-state index contributed by atoms with van der Waals surface area (Å²) >= 11 is 0. The molecule has 5 rings (SSSR count). The summed E-state index contributed by atoms with van der Waals surface area (Å²) in [5.74, 6) is -9.05. The number of amides is 8. The van der Waals surface area contributed by atoms with Gasteiger partial charge in [-0.05, 0) is 79.3 Å². The molecule has 90 heavy (non-hydrogen) atoms. The third-order valence-corrected chi connectivity index (χ3v) is 15.4. The predicted octanol–water partition coefficient (Wildman–Crippen LogP) is 0.994. The average Bonchev–Trinajstić information content (AvgIpc) is 2.05. The number of aliphatic carboxylic acids is 1. The average molecular weight is 1240 g/mol. The number of nitrogens with zero attached hydrogens (tertiary/aromatic N) is 1. The topological polar surface area (TPSA) is 423 Å². The molecule has 0 saturated carbocycles. The zero-order valence-corrected chi connectivity index (χ0v) is 51.8. The fraction of sp³-hybridized carbons (Fsp3) is 0.446. The van der Waals surface area contributed by atoms with Crippen molar-refractivity contribution >= 4 is 70.1 Å². The van der Waals surface area contributed by atoms with Gasteiger partial charge in [-0.15, -0.1) is 0 Å². The van der Waals surface area contributed by atoms with Crippen molar-refractivity contribution in [3.05, 3.63) is 144 Å². The number of carboxylic acids is 1. The molecule has 0 saturated heterocycles. The normalized spacial score (nSPS) is 14.9. The maximum atomic E-state index is 15.0. The maximum Gasteiger partial charge on any atom is 0.326 e. The minimum absolute atomic E-state index is 0.0442. The quantitative estimate of drug-likeness (QED) is 0.0150. The van der Waals surface area contributed by atoms with Gasteiger partial charge in [0.1, 0.15) is 48.3 Å². The van der Waals surface area contributed by atoms with E-state index in [-0.39, 0.29) is 57.5 Å². The summed E-state index contributed by atoms with van der Waals surface area (Å²) < 4.78 is 0. The van der Waals surface area contributed by atoms with E-state index >= 15 is 0 Å². The van der Waals surface area contributed by atoms with Crippen LogP contribution in [0.3, 0.4) is 0 Å². The molecule has 1 heterocycles. The Labute approximate surface area is 524 Å². The van der Waals surface area contributed by atoms with E-state index in [1.807, 2.05) is 24.3 Å². The number of aliphatic hydroxyl groups excluding tert-OH is 1. The maximum absolute atomic E-state index is 15.0. The Morgan fingerprint density at radius 1 is 0.500 bits per heavy atom. The molecule has 1 aromatic heterocycles. The number of carboxylic acid groups (broad SMARTS) is 1. The third kappa shape index (κ3) is 22.7. The van der Waals surface area contributed by atoms with Crippen LogP contribution in [0.2, 0.25) is 0 Å². The molecule has 0 bridgehead atoms. The number of rotatable bonds is 37. The van der Waals surface area contributed by atoms with Crippen LogP contribution >= 0.6 is 0 Å². The number of benzene rings is 4. The van der Waals surface area contributed by atoms with E-state index in [9.17, 15) is 53.4 Å². The van der Waals surface area contributed by atoms with Gasteiger partial charge in [-0.2, -0.15) is 0 Å².